The van der Waals surface area contributed by atoms with Crippen molar-refractivity contribution in [1.82, 2.24) is 5.32 Å². The van der Waals surface area contributed by atoms with Crippen LogP contribution in [0.15, 0.2) is 72.9 Å². The van der Waals surface area contributed by atoms with Gasteiger partial charge in [-0.05, 0) is 64.2 Å². The Morgan fingerprint density at radius 2 is 0.711 bits per heavy atom. The van der Waals surface area contributed by atoms with Crippen LogP contribution < -0.4 is 5.32 Å². The van der Waals surface area contributed by atoms with E-state index in [9.17, 15) is 45.6 Å². The van der Waals surface area contributed by atoms with Gasteiger partial charge in [0.1, 0.15) is 48.8 Å². The number of aliphatic hydroxyl groups excluding tert-OH is 8. The molecule has 12 atom stereocenters. The first-order valence-corrected chi connectivity index (χ1v) is 40.7. The zero-order valence-electron chi connectivity index (χ0n) is 62.1. The van der Waals surface area contributed by atoms with Gasteiger partial charge in [-0.15, -0.1) is 0 Å². The van der Waals surface area contributed by atoms with E-state index in [1.165, 1.54) is 257 Å². The fraction of sp³-hybridized carbons (Fsp3) is 0.843. The monoisotopic (exact) mass is 1370 g/mol. The molecule has 14 heteroatoms. The third-order valence-corrected chi connectivity index (χ3v) is 19.6. The molecule has 2 heterocycles. The van der Waals surface area contributed by atoms with Gasteiger partial charge in [0, 0.05) is 6.42 Å². The summed E-state index contributed by atoms with van der Waals surface area (Å²) in [7, 11) is 0. The minimum atomic E-state index is -1.79. The maximum Gasteiger partial charge on any atom is 0.220 e. The van der Waals surface area contributed by atoms with Crippen molar-refractivity contribution in [3.05, 3.63) is 72.9 Å². The van der Waals surface area contributed by atoms with Gasteiger partial charge in [-0.25, -0.2) is 0 Å². The Bertz CT molecular complexity index is 1910. The molecular weight excluding hydrogens is 1220 g/mol. The summed E-state index contributed by atoms with van der Waals surface area (Å²) < 4.78 is 22.9. The van der Waals surface area contributed by atoms with Gasteiger partial charge in [0.25, 0.3) is 0 Å². The molecule has 2 rings (SSSR count). The van der Waals surface area contributed by atoms with E-state index in [0.717, 1.165) is 70.6 Å². The van der Waals surface area contributed by atoms with E-state index in [4.69, 9.17) is 18.9 Å². The number of carbonyl (C=O) groups is 1. The maximum absolute atomic E-state index is 13.4. The van der Waals surface area contributed by atoms with Gasteiger partial charge < -0.3 is 65.1 Å². The van der Waals surface area contributed by atoms with Gasteiger partial charge >= 0.3 is 0 Å². The van der Waals surface area contributed by atoms with Crippen LogP contribution in [-0.2, 0) is 23.7 Å². The van der Waals surface area contributed by atoms with E-state index in [2.05, 4.69) is 79.9 Å². The molecule has 2 aliphatic rings. The van der Waals surface area contributed by atoms with Crippen LogP contribution in [0.25, 0.3) is 0 Å². The van der Waals surface area contributed by atoms with Crippen molar-refractivity contribution in [2.45, 2.75) is 428 Å². The molecule has 9 N–H and O–H groups in total. The molecule has 12 unspecified atom stereocenters. The van der Waals surface area contributed by atoms with Crippen molar-refractivity contribution in [1.29, 1.82) is 0 Å². The molecule has 0 aromatic rings. The van der Waals surface area contributed by atoms with Crippen LogP contribution in [0.4, 0.5) is 0 Å². The average Bonchev–Trinajstić information content (AvgIpc) is 0.794. The zero-order chi connectivity index (χ0) is 70.1. The highest BCUT2D eigenvalue weighted by molar-refractivity contribution is 5.76. The fourth-order valence-electron chi connectivity index (χ4n) is 13.3. The van der Waals surface area contributed by atoms with Crippen LogP contribution in [0, 0.1) is 0 Å². The smallest absolute Gasteiger partial charge is 0.220 e. The number of amides is 1. The molecule has 0 bridgehead atoms. The van der Waals surface area contributed by atoms with Crippen LogP contribution in [-0.4, -0.2) is 140 Å². The number of unbranched alkanes of at least 4 members (excludes halogenated alkanes) is 45. The first-order chi connectivity index (χ1) is 47.6. The molecule has 0 radical (unpaired) electrons. The van der Waals surface area contributed by atoms with Gasteiger partial charge in [-0.2, -0.15) is 0 Å². The van der Waals surface area contributed by atoms with Gasteiger partial charge in [-0.3, -0.25) is 4.79 Å². The second kappa shape index (κ2) is 66.7. The minimum Gasteiger partial charge on any atom is -0.394 e. The van der Waals surface area contributed by atoms with Gasteiger partial charge in [0.2, 0.25) is 5.91 Å². The van der Waals surface area contributed by atoms with E-state index in [0.29, 0.717) is 6.42 Å². The Hall–Kier alpha value is -2.57. The average molecular weight is 1370 g/mol. The SMILES string of the molecule is CC/C=C\C/C=C\C/C=C\C/C=C\C/C=C\CCCCCCCCCCCCCCCCCCCCCCCCCC(=O)NC(COC1OC(CO)C(OC2OC(CO)C(O)C(O)C2O)C(O)C1O)C(O)/C=C/CCCCCCCCCCCCCCCCCCCCCCCC. The molecule has 97 heavy (non-hydrogen) atoms. The molecule has 566 valence electrons. The number of aliphatic hydroxyl groups is 8. The molecule has 14 nitrogen and oxygen atoms in total. The molecule has 1 amide bonds. The van der Waals surface area contributed by atoms with Crippen LogP contribution in [0.1, 0.15) is 354 Å². The third-order valence-electron chi connectivity index (χ3n) is 19.6. The molecule has 0 aromatic heterocycles. The Morgan fingerprint density at radius 3 is 1.09 bits per heavy atom. The number of rotatable bonds is 68. The molecule has 2 fully saturated rings. The summed E-state index contributed by atoms with van der Waals surface area (Å²) in [5, 5.41) is 87.7. The summed E-state index contributed by atoms with van der Waals surface area (Å²) in [5.74, 6) is -0.233. The Morgan fingerprint density at radius 1 is 0.381 bits per heavy atom. The van der Waals surface area contributed by atoms with Crippen molar-refractivity contribution in [2.24, 2.45) is 0 Å². The summed E-state index contributed by atoms with van der Waals surface area (Å²) in [6, 6.07) is -0.917. The second-order valence-corrected chi connectivity index (χ2v) is 28.5. The van der Waals surface area contributed by atoms with E-state index >= 15 is 0 Å². The molecular formula is C83H151NO13. The number of allylic oxidation sites excluding steroid dienone is 11. The lowest BCUT2D eigenvalue weighted by Gasteiger charge is -2.46. The third kappa shape index (κ3) is 49.6. The zero-order valence-corrected chi connectivity index (χ0v) is 62.1. The standard InChI is InChI=1S/C83H151NO13/c1-3-5-7-9-11-13-15-17-19-21-23-25-27-29-30-31-32-33-34-35-36-37-38-39-40-41-42-43-45-47-49-51-53-55-57-59-61-63-65-67-75(88)84-71(70-94-82-80(93)78(91)81(74(69-86)96-82)97-83-79(92)77(90)76(89)73(68-85)95-83)72(87)66-64-62-60-58-56-54-52-50-48-46-44-28-26-24-22-20-18-16-14-12-10-8-6-4-2/h5,7,11,13,17,19,23,25,29-30,64,66,71-74,76-83,85-87,89-93H,3-4,6,8-10,12,14-16,18,20-22,24,26-28,31-63,65,67-70H2,1-2H3,(H,84,88)/b7-5-,13-11-,19-17-,25-23-,30-29-,66-64+. The number of ether oxygens (including phenoxy) is 4. The lowest BCUT2D eigenvalue weighted by Crippen LogP contribution is -2.65. The minimum absolute atomic E-state index is 0.233. The highest BCUT2D eigenvalue weighted by Gasteiger charge is 2.51. The molecule has 0 aliphatic carbocycles. The van der Waals surface area contributed by atoms with E-state index < -0.39 is 86.8 Å². The van der Waals surface area contributed by atoms with E-state index in [-0.39, 0.29) is 18.9 Å². The highest BCUT2D eigenvalue weighted by atomic mass is 16.7. The largest absolute Gasteiger partial charge is 0.394 e. The summed E-state index contributed by atoms with van der Waals surface area (Å²) in [6.07, 6.45) is 75.6. The van der Waals surface area contributed by atoms with Crippen LogP contribution >= 0.6 is 0 Å². The first-order valence-electron chi connectivity index (χ1n) is 40.7. The molecule has 0 aromatic carbocycles. The highest BCUT2D eigenvalue weighted by Crippen LogP contribution is 2.30. The van der Waals surface area contributed by atoms with Crippen LogP contribution in [0.5, 0.6) is 0 Å². The maximum atomic E-state index is 13.4. The predicted octanol–water partition coefficient (Wildman–Crippen LogP) is 18.5. The number of hydrogen-bond acceptors (Lipinski definition) is 13. The van der Waals surface area contributed by atoms with Gasteiger partial charge in [0.15, 0.2) is 12.6 Å². The van der Waals surface area contributed by atoms with Crippen molar-refractivity contribution >= 4 is 5.91 Å². The lowest BCUT2D eigenvalue weighted by atomic mass is 9.97. The second-order valence-electron chi connectivity index (χ2n) is 28.5. The van der Waals surface area contributed by atoms with Gasteiger partial charge in [0.05, 0.1) is 32.0 Å². The molecule has 0 spiro atoms. The van der Waals surface area contributed by atoms with Crippen molar-refractivity contribution in [3.63, 3.8) is 0 Å². The summed E-state index contributed by atoms with van der Waals surface area (Å²) in [6.45, 7) is 2.74. The quantitative estimate of drug-likeness (QED) is 0.0204. The summed E-state index contributed by atoms with van der Waals surface area (Å²) >= 11 is 0. The summed E-state index contributed by atoms with van der Waals surface area (Å²) in [4.78, 5) is 13.4. The van der Waals surface area contributed by atoms with Crippen molar-refractivity contribution < 1.29 is 64.6 Å². The van der Waals surface area contributed by atoms with E-state index in [1.54, 1.807) is 6.08 Å². The normalized spacial score (nSPS) is 22.5. The van der Waals surface area contributed by atoms with Crippen LogP contribution in [0.2, 0.25) is 0 Å². The predicted molar refractivity (Wildman–Crippen MR) is 401 cm³/mol. The van der Waals surface area contributed by atoms with Crippen LogP contribution in [0.3, 0.4) is 0 Å². The fourth-order valence-corrected chi connectivity index (χ4v) is 13.3. The number of nitrogens with one attached hydrogen (secondary N) is 1. The van der Waals surface area contributed by atoms with Gasteiger partial charge in [-0.1, -0.05) is 356 Å². The topological polar surface area (TPSA) is 228 Å². The first kappa shape index (κ1) is 90.5. The molecule has 2 saturated heterocycles. The Labute approximate surface area is 593 Å². The number of hydrogen-bond donors (Lipinski definition) is 9. The van der Waals surface area contributed by atoms with E-state index in [1.807, 2.05) is 6.08 Å². The lowest BCUT2D eigenvalue weighted by molar-refractivity contribution is -0.359. The molecule has 0 saturated carbocycles. The Kier molecular flexibility index (Phi) is 62.2. The Balaban J connectivity index is 1.58. The van der Waals surface area contributed by atoms with Crippen molar-refractivity contribution in [2.75, 3.05) is 19.8 Å². The number of carbonyl (C=O) groups excluding carboxylic acids is 1. The molecule has 2 aliphatic heterocycles. The summed E-state index contributed by atoms with van der Waals surface area (Å²) in [5.41, 5.74) is 0. The van der Waals surface area contributed by atoms with Crippen molar-refractivity contribution in [3.8, 4) is 0 Å².